The SMILES string of the molecule is CCCO[Si](C)(OCC)OCC.OCC1CO1. The van der Waals surface area contributed by atoms with Crippen molar-refractivity contribution in [3.8, 4) is 0 Å². The van der Waals surface area contributed by atoms with Crippen LogP contribution in [0.1, 0.15) is 27.2 Å². The summed E-state index contributed by atoms with van der Waals surface area (Å²) < 4.78 is 21.1. The van der Waals surface area contributed by atoms with Gasteiger partial charge < -0.3 is 23.1 Å². The Morgan fingerprint density at radius 2 is 1.71 bits per heavy atom. The Morgan fingerprint density at radius 1 is 1.18 bits per heavy atom. The van der Waals surface area contributed by atoms with Gasteiger partial charge >= 0.3 is 8.80 Å². The largest absolute Gasteiger partial charge is 0.497 e. The summed E-state index contributed by atoms with van der Waals surface area (Å²) in [4.78, 5) is 0. The smallest absolute Gasteiger partial charge is 0.394 e. The Labute approximate surface area is 105 Å². The molecule has 0 aromatic carbocycles. The second-order valence-corrected chi connectivity index (χ2v) is 6.31. The first-order valence-corrected chi connectivity index (χ1v) is 8.48. The second kappa shape index (κ2) is 9.99. The predicted octanol–water partition coefficient (Wildman–Crippen LogP) is 1.43. The number of epoxide rings is 1. The van der Waals surface area contributed by atoms with Gasteiger partial charge in [-0.25, -0.2) is 0 Å². The van der Waals surface area contributed by atoms with Crippen LogP contribution in [0.2, 0.25) is 6.55 Å². The topological polar surface area (TPSA) is 60.5 Å². The fraction of sp³-hybridized carbons (Fsp3) is 1.00. The summed E-state index contributed by atoms with van der Waals surface area (Å²) in [7, 11) is -2.27. The first kappa shape index (κ1) is 17.0. The highest BCUT2D eigenvalue weighted by Gasteiger charge is 2.33. The van der Waals surface area contributed by atoms with Crippen molar-refractivity contribution in [1.82, 2.24) is 0 Å². The van der Waals surface area contributed by atoms with Gasteiger partial charge in [0.1, 0.15) is 6.10 Å². The van der Waals surface area contributed by atoms with Gasteiger partial charge in [0, 0.05) is 26.4 Å². The molecule has 1 heterocycles. The van der Waals surface area contributed by atoms with E-state index >= 15 is 0 Å². The number of rotatable bonds is 8. The lowest BCUT2D eigenvalue weighted by Gasteiger charge is -2.24. The minimum Gasteiger partial charge on any atom is -0.394 e. The van der Waals surface area contributed by atoms with Crippen LogP contribution in [0.5, 0.6) is 0 Å². The van der Waals surface area contributed by atoms with Crippen LogP contribution in [0.15, 0.2) is 0 Å². The molecule has 0 aromatic rings. The van der Waals surface area contributed by atoms with Gasteiger partial charge in [-0.05, 0) is 20.3 Å². The molecular formula is C11H26O5Si. The van der Waals surface area contributed by atoms with Gasteiger partial charge in [-0.3, -0.25) is 0 Å². The highest BCUT2D eigenvalue weighted by Crippen LogP contribution is 2.09. The van der Waals surface area contributed by atoms with E-state index in [9.17, 15) is 0 Å². The van der Waals surface area contributed by atoms with Gasteiger partial charge in [0.05, 0.1) is 13.2 Å². The molecular weight excluding hydrogens is 240 g/mol. The molecule has 1 aliphatic rings. The van der Waals surface area contributed by atoms with Gasteiger partial charge in [0.15, 0.2) is 0 Å². The number of ether oxygens (including phenoxy) is 1. The summed E-state index contributed by atoms with van der Waals surface area (Å²) in [5.41, 5.74) is 0. The highest BCUT2D eigenvalue weighted by atomic mass is 28.4. The van der Waals surface area contributed by atoms with Crippen molar-refractivity contribution >= 4 is 8.80 Å². The van der Waals surface area contributed by atoms with Crippen LogP contribution in [0.4, 0.5) is 0 Å². The third-order valence-electron chi connectivity index (χ3n) is 1.99. The molecule has 1 unspecified atom stereocenters. The summed E-state index contributed by atoms with van der Waals surface area (Å²) in [5.74, 6) is 0. The first-order valence-electron chi connectivity index (χ1n) is 6.26. The highest BCUT2D eigenvalue weighted by molar-refractivity contribution is 6.59. The molecule has 0 aromatic heterocycles. The van der Waals surface area contributed by atoms with E-state index in [0.717, 1.165) is 19.6 Å². The van der Waals surface area contributed by atoms with Crippen LogP contribution >= 0.6 is 0 Å². The summed E-state index contributed by atoms with van der Waals surface area (Å²) >= 11 is 0. The number of aliphatic hydroxyl groups is 1. The molecule has 0 aliphatic carbocycles. The van der Waals surface area contributed by atoms with Gasteiger partial charge in [-0.15, -0.1) is 0 Å². The maximum Gasteiger partial charge on any atom is 0.497 e. The monoisotopic (exact) mass is 266 g/mol. The van der Waals surface area contributed by atoms with Gasteiger partial charge in [-0.1, -0.05) is 6.92 Å². The molecule has 1 saturated heterocycles. The Morgan fingerprint density at radius 3 is 1.94 bits per heavy atom. The van der Waals surface area contributed by atoms with Crippen molar-refractivity contribution in [2.24, 2.45) is 0 Å². The summed E-state index contributed by atoms with van der Waals surface area (Å²) in [6.07, 6.45) is 1.19. The molecule has 17 heavy (non-hydrogen) atoms. The van der Waals surface area contributed by atoms with E-state index in [0.29, 0.717) is 13.2 Å². The Hall–Kier alpha value is 0.0169. The zero-order chi connectivity index (χ0) is 13.1. The first-order chi connectivity index (χ1) is 8.11. The van der Waals surface area contributed by atoms with E-state index in [2.05, 4.69) is 11.7 Å². The second-order valence-electron chi connectivity index (χ2n) is 3.71. The molecule has 1 fully saturated rings. The molecule has 0 bridgehead atoms. The van der Waals surface area contributed by atoms with Crippen molar-refractivity contribution in [3.63, 3.8) is 0 Å². The number of hydrogen-bond donors (Lipinski definition) is 1. The molecule has 6 heteroatoms. The van der Waals surface area contributed by atoms with Crippen LogP contribution in [0.25, 0.3) is 0 Å². The van der Waals surface area contributed by atoms with Gasteiger partial charge in [0.25, 0.3) is 0 Å². The molecule has 0 spiro atoms. The maximum atomic E-state index is 8.08. The third kappa shape index (κ3) is 9.69. The van der Waals surface area contributed by atoms with E-state index in [-0.39, 0.29) is 12.7 Å². The molecule has 1 rings (SSSR count). The molecule has 5 nitrogen and oxygen atoms in total. The predicted molar refractivity (Wildman–Crippen MR) is 67.9 cm³/mol. The number of aliphatic hydroxyl groups excluding tert-OH is 1. The summed E-state index contributed by atoms with van der Waals surface area (Å²) in [6.45, 7) is 10.9. The van der Waals surface area contributed by atoms with Crippen LogP contribution in [0, 0.1) is 0 Å². The quantitative estimate of drug-likeness (QED) is 0.532. The van der Waals surface area contributed by atoms with Gasteiger partial charge in [-0.2, -0.15) is 0 Å². The van der Waals surface area contributed by atoms with Crippen molar-refractivity contribution in [1.29, 1.82) is 0 Å². The minimum atomic E-state index is -2.27. The van der Waals surface area contributed by atoms with E-state index in [1.807, 2.05) is 20.4 Å². The Kier molecular flexibility index (Phi) is 10.00. The molecule has 104 valence electrons. The maximum absolute atomic E-state index is 8.08. The minimum absolute atomic E-state index is 0.190. The lowest BCUT2D eigenvalue weighted by Crippen LogP contribution is -2.42. The molecule has 1 atom stereocenters. The van der Waals surface area contributed by atoms with Crippen molar-refractivity contribution in [3.05, 3.63) is 0 Å². The fourth-order valence-electron chi connectivity index (χ4n) is 1.11. The Bertz CT molecular complexity index is 169. The molecule has 1 N–H and O–H groups in total. The third-order valence-corrected chi connectivity index (χ3v) is 4.34. The van der Waals surface area contributed by atoms with Crippen LogP contribution < -0.4 is 0 Å². The van der Waals surface area contributed by atoms with Gasteiger partial charge in [0.2, 0.25) is 0 Å². The number of hydrogen-bond acceptors (Lipinski definition) is 5. The molecule has 0 saturated carbocycles. The van der Waals surface area contributed by atoms with E-state index in [4.69, 9.17) is 18.4 Å². The van der Waals surface area contributed by atoms with E-state index < -0.39 is 8.80 Å². The summed E-state index contributed by atoms with van der Waals surface area (Å²) in [5, 5.41) is 8.08. The Balaban J connectivity index is 0.000000419. The van der Waals surface area contributed by atoms with Crippen LogP contribution in [-0.4, -0.2) is 53.0 Å². The van der Waals surface area contributed by atoms with E-state index in [1.165, 1.54) is 0 Å². The standard InChI is InChI=1S/C8H20O3Si.C3H6O2/c1-5-8-11-12(4,9-6-2)10-7-3;4-1-3-2-5-3/h5-8H2,1-4H3;3-4H,1-2H2. The van der Waals surface area contributed by atoms with Crippen molar-refractivity contribution in [2.75, 3.05) is 33.0 Å². The lowest BCUT2D eigenvalue weighted by atomic mass is 10.5. The molecule has 0 radical (unpaired) electrons. The fourth-order valence-corrected chi connectivity index (χ4v) is 2.98. The summed E-state index contributed by atoms with van der Waals surface area (Å²) in [6, 6.07) is 0. The lowest BCUT2D eigenvalue weighted by molar-refractivity contribution is 0.0740. The van der Waals surface area contributed by atoms with Crippen LogP contribution in [-0.2, 0) is 18.0 Å². The van der Waals surface area contributed by atoms with Crippen molar-refractivity contribution in [2.45, 2.75) is 39.8 Å². The molecule has 1 aliphatic heterocycles. The van der Waals surface area contributed by atoms with E-state index in [1.54, 1.807) is 0 Å². The molecule has 0 amide bonds. The average molecular weight is 266 g/mol. The zero-order valence-corrected chi connectivity index (χ0v) is 12.4. The normalized spacial score (nSPS) is 18.5. The average Bonchev–Trinajstić information content (AvgIpc) is 3.11. The van der Waals surface area contributed by atoms with Crippen LogP contribution in [0.3, 0.4) is 0 Å². The zero-order valence-electron chi connectivity index (χ0n) is 11.4. The van der Waals surface area contributed by atoms with Crippen molar-refractivity contribution < 1.29 is 23.1 Å².